The first kappa shape index (κ1) is 16.8. The van der Waals surface area contributed by atoms with E-state index in [1.807, 2.05) is 31.2 Å². The number of aromatic nitrogens is 2. The number of Topliss-reactive ketones (excluding diaryl/α,β-unsaturated/α-hetero) is 1. The van der Waals surface area contributed by atoms with E-state index in [0.717, 1.165) is 22.9 Å². The van der Waals surface area contributed by atoms with Crippen LogP contribution in [0.3, 0.4) is 0 Å². The Morgan fingerprint density at radius 1 is 1.20 bits per heavy atom. The third-order valence-corrected chi connectivity index (χ3v) is 4.20. The summed E-state index contributed by atoms with van der Waals surface area (Å²) in [5, 5.41) is 18.9. The first-order valence-corrected chi connectivity index (χ1v) is 8.32. The van der Waals surface area contributed by atoms with Gasteiger partial charge in [-0.1, -0.05) is 41.6 Å². The second kappa shape index (κ2) is 7.27. The number of nitro benzene ring substituents is 1. The van der Waals surface area contributed by atoms with Crippen molar-refractivity contribution in [2.75, 3.05) is 5.75 Å². The molecule has 0 atom stereocenters. The van der Waals surface area contributed by atoms with Crippen LogP contribution in [0.2, 0.25) is 0 Å². The Hall–Kier alpha value is -3.00. The van der Waals surface area contributed by atoms with E-state index in [2.05, 4.69) is 10.2 Å². The zero-order valence-electron chi connectivity index (χ0n) is 13.2. The minimum atomic E-state index is -0.532. The fourth-order valence-corrected chi connectivity index (χ4v) is 2.82. The van der Waals surface area contributed by atoms with Crippen LogP contribution in [0, 0.1) is 17.0 Å². The molecule has 0 aliphatic heterocycles. The van der Waals surface area contributed by atoms with Crippen molar-refractivity contribution in [2.45, 2.75) is 12.1 Å². The predicted molar refractivity (Wildman–Crippen MR) is 92.6 cm³/mol. The Morgan fingerprint density at radius 3 is 2.76 bits per heavy atom. The van der Waals surface area contributed by atoms with Gasteiger partial charge in [0.2, 0.25) is 5.89 Å². The number of thioether (sulfide) groups is 1. The van der Waals surface area contributed by atoms with Crippen molar-refractivity contribution in [1.82, 2.24) is 10.2 Å². The monoisotopic (exact) mass is 355 g/mol. The number of non-ortho nitro benzene ring substituents is 1. The van der Waals surface area contributed by atoms with Crippen molar-refractivity contribution in [1.29, 1.82) is 0 Å². The molecular formula is C17H13N3O4S. The summed E-state index contributed by atoms with van der Waals surface area (Å²) in [4.78, 5) is 22.4. The van der Waals surface area contributed by atoms with Crippen molar-refractivity contribution in [3.63, 3.8) is 0 Å². The minimum absolute atomic E-state index is 0.0522. The van der Waals surface area contributed by atoms with Gasteiger partial charge in [0.15, 0.2) is 5.78 Å². The molecule has 25 heavy (non-hydrogen) atoms. The van der Waals surface area contributed by atoms with E-state index in [1.165, 1.54) is 18.2 Å². The molecule has 1 aromatic heterocycles. The van der Waals surface area contributed by atoms with Gasteiger partial charge in [0.05, 0.1) is 10.7 Å². The molecule has 0 aliphatic rings. The average molecular weight is 355 g/mol. The number of rotatable bonds is 6. The Balaban J connectivity index is 1.67. The van der Waals surface area contributed by atoms with E-state index in [-0.39, 0.29) is 28.0 Å². The van der Waals surface area contributed by atoms with Gasteiger partial charge in [-0.3, -0.25) is 14.9 Å². The summed E-state index contributed by atoms with van der Waals surface area (Å²) in [6.07, 6.45) is 0. The average Bonchev–Trinajstić information content (AvgIpc) is 3.09. The first-order chi connectivity index (χ1) is 12.0. The molecule has 126 valence electrons. The molecule has 0 radical (unpaired) electrons. The van der Waals surface area contributed by atoms with Gasteiger partial charge < -0.3 is 4.42 Å². The maximum absolute atomic E-state index is 12.2. The van der Waals surface area contributed by atoms with E-state index >= 15 is 0 Å². The van der Waals surface area contributed by atoms with Gasteiger partial charge in [0.1, 0.15) is 0 Å². The lowest BCUT2D eigenvalue weighted by atomic mass is 10.1. The number of hydrogen-bond acceptors (Lipinski definition) is 7. The van der Waals surface area contributed by atoms with Crippen LogP contribution in [0.15, 0.2) is 58.2 Å². The normalized spacial score (nSPS) is 10.6. The zero-order chi connectivity index (χ0) is 17.8. The van der Waals surface area contributed by atoms with Gasteiger partial charge in [-0.25, -0.2) is 0 Å². The van der Waals surface area contributed by atoms with Crippen molar-refractivity contribution in [3.05, 3.63) is 69.8 Å². The number of nitro groups is 1. The number of benzene rings is 2. The number of aryl methyl sites for hydroxylation is 1. The van der Waals surface area contributed by atoms with Crippen LogP contribution in [0.1, 0.15) is 15.9 Å². The molecule has 3 rings (SSSR count). The van der Waals surface area contributed by atoms with Gasteiger partial charge in [-0.15, -0.1) is 10.2 Å². The molecule has 0 unspecified atom stereocenters. The van der Waals surface area contributed by atoms with Gasteiger partial charge >= 0.3 is 0 Å². The molecule has 0 N–H and O–H groups in total. The third-order valence-electron chi connectivity index (χ3n) is 3.38. The lowest BCUT2D eigenvalue weighted by Gasteiger charge is -1.99. The van der Waals surface area contributed by atoms with E-state index in [9.17, 15) is 14.9 Å². The Kier molecular flexibility index (Phi) is 4.90. The summed E-state index contributed by atoms with van der Waals surface area (Å²) >= 11 is 1.10. The Bertz CT molecular complexity index is 939. The zero-order valence-corrected chi connectivity index (χ0v) is 14.0. The quantitative estimate of drug-likeness (QED) is 0.286. The smallest absolute Gasteiger partial charge is 0.277 e. The third kappa shape index (κ3) is 4.10. The number of carbonyl (C=O) groups excluding carboxylic acids is 1. The lowest BCUT2D eigenvalue weighted by molar-refractivity contribution is -0.384. The highest BCUT2D eigenvalue weighted by Gasteiger charge is 2.14. The molecule has 0 aliphatic carbocycles. The van der Waals surface area contributed by atoms with Crippen molar-refractivity contribution >= 4 is 23.2 Å². The maximum atomic E-state index is 12.2. The van der Waals surface area contributed by atoms with E-state index in [4.69, 9.17) is 4.42 Å². The van der Waals surface area contributed by atoms with E-state index < -0.39 is 4.92 Å². The fraction of sp³-hybridized carbons (Fsp3) is 0.118. The van der Waals surface area contributed by atoms with Gasteiger partial charge in [-0.2, -0.15) is 0 Å². The highest BCUT2D eigenvalue weighted by atomic mass is 32.2. The topological polar surface area (TPSA) is 99.1 Å². The second-order valence-electron chi connectivity index (χ2n) is 5.26. The van der Waals surface area contributed by atoms with Crippen LogP contribution in [0.5, 0.6) is 0 Å². The molecule has 0 spiro atoms. The van der Waals surface area contributed by atoms with Gasteiger partial charge in [-0.05, 0) is 19.1 Å². The molecule has 8 heteroatoms. The lowest BCUT2D eigenvalue weighted by Crippen LogP contribution is -2.03. The van der Waals surface area contributed by atoms with Crippen molar-refractivity contribution in [3.8, 4) is 11.5 Å². The Labute approximate surface area is 147 Å². The Morgan fingerprint density at radius 2 is 2.00 bits per heavy atom. The summed E-state index contributed by atoms with van der Waals surface area (Å²) in [6, 6.07) is 13.3. The molecule has 7 nitrogen and oxygen atoms in total. The highest BCUT2D eigenvalue weighted by molar-refractivity contribution is 7.99. The van der Waals surface area contributed by atoms with Crippen LogP contribution in [-0.2, 0) is 0 Å². The first-order valence-electron chi connectivity index (χ1n) is 7.34. The van der Waals surface area contributed by atoms with Crippen LogP contribution >= 0.6 is 11.8 Å². The van der Waals surface area contributed by atoms with Crippen LogP contribution in [0.4, 0.5) is 5.69 Å². The summed E-state index contributed by atoms with van der Waals surface area (Å²) in [7, 11) is 0. The molecule has 3 aromatic rings. The summed E-state index contributed by atoms with van der Waals surface area (Å²) in [6.45, 7) is 1.97. The van der Waals surface area contributed by atoms with Gasteiger partial charge in [0.25, 0.3) is 10.9 Å². The minimum Gasteiger partial charge on any atom is -0.411 e. The highest BCUT2D eigenvalue weighted by Crippen LogP contribution is 2.24. The molecule has 1 heterocycles. The fourth-order valence-electron chi connectivity index (χ4n) is 2.17. The second-order valence-corrected chi connectivity index (χ2v) is 6.19. The molecule has 0 saturated heterocycles. The molecule has 0 amide bonds. The molecule has 0 fully saturated rings. The number of carbonyl (C=O) groups is 1. The molecular weight excluding hydrogens is 342 g/mol. The van der Waals surface area contributed by atoms with E-state index in [1.54, 1.807) is 6.07 Å². The van der Waals surface area contributed by atoms with E-state index in [0.29, 0.717) is 5.89 Å². The molecule has 0 bridgehead atoms. The number of nitrogens with zero attached hydrogens (tertiary/aromatic N) is 3. The van der Waals surface area contributed by atoms with Crippen LogP contribution in [0.25, 0.3) is 11.5 Å². The van der Waals surface area contributed by atoms with Crippen molar-refractivity contribution in [2.24, 2.45) is 0 Å². The molecule has 2 aromatic carbocycles. The largest absolute Gasteiger partial charge is 0.411 e. The molecule has 0 saturated carbocycles. The summed E-state index contributed by atoms with van der Waals surface area (Å²) in [5.41, 5.74) is 2.05. The SMILES string of the molecule is Cc1cccc(-c2nnc(SCC(=O)c3cccc([N+](=O)[O-])c3)o2)c1. The maximum Gasteiger partial charge on any atom is 0.277 e. The standard InChI is InChI=1S/C17H13N3O4S/c1-11-4-2-6-13(8-11)16-18-19-17(24-16)25-10-15(21)12-5-3-7-14(9-12)20(22)23/h2-9H,10H2,1H3. The summed E-state index contributed by atoms with van der Waals surface area (Å²) in [5.74, 6) is 0.189. The van der Waals surface area contributed by atoms with Crippen molar-refractivity contribution < 1.29 is 14.1 Å². The summed E-state index contributed by atoms with van der Waals surface area (Å²) < 4.78 is 5.55. The number of hydrogen-bond donors (Lipinski definition) is 0. The van der Waals surface area contributed by atoms with Crippen LogP contribution < -0.4 is 0 Å². The predicted octanol–water partition coefficient (Wildman–Crippen LogP) is 3.93. The van der Waals surface area contributed by atoms with Crippen LogP contribution in [-0.4, -0.2) is 26.7 Å². The number of ketones is 1. The van der Waals surface area contributed by atoms with Gasteiger partial charge in [0, 0.05) is 23.3 Å².